The predicted molar refractivity (Wildman–Crippen MR) is 80.7 cm³/mol. The van der Waals surface area contributed by atoms with Gasteiger partial charge in [-0.25, -0.2) is 0 Å². The van der Waals surface area contributed by atoms with Crippen molar-refractivity contribution >= 4 is 5.91 Å². The Bertz CT molecular complexity index is 431. The molecule has 1 heterocycles. The number of benzene rings is 1. The number of carbonyl (C=O) groups is 1. The molecule has 0 aromatic heterocycles. The van der Waals surface area contributed by atoms with Crippen LogP contribution in [0.3, 0.4) is 0 Å². The monoisotopic (exact) mass is 275 g/mol. The number of hydrogen-bond donors (Lipinski definition) is 0. The van der Waals surface area contributed by atoms with Gasteiger partial charge < -0.3 is 9.64 Å². The lowest BCUT2D eigenvalue weighted by molar-refractivity contribution is -0.143. The summed E-state index contributed by atoms with van der Waals surface area (Å²) in [5.41, 5.74) is 2.59. The smallest absolute Gasteiger partial charge is 0.222 e. The zero-order chi connectivity index (χ0) is 14.5. The van der Waals surface area contributed by atoms with Crippen molar-refractivity contribution in [1.82, 2.24) is 4.90 Å². The van der Waals surface area contributed by atoms with Gasteiger partial charge in [-0.3, -0.25) is 4.79 Å². The van der Waals surface area contributed by atoms with E-state index in [2.05, 4.69) is 31.2 Å². The molecular formula is C17H25NO2. The van der Waals surface area contributed by atoms with Crippen LogP contribution in [0.25, 0.3) is 0 Å². The van der Waals surface area contributed by atoms with Crippen molar-refractivity contribution in [2.75, 3.05) is 13.1 Å². The van der Waals surface area contributed by atoms with Gasteiger partial charge in [0.25, 0.3) is 0 Å². The molecule has 0 N–H and O–H groups in total. The molecule has 1 aromatic rings. The fraction of sp³-hybridized carbons (Fsp3) is 0.588. The Morgan fingerprint density at radius 2 is 1.80 bits per heavy atom. The number of hydrogen-bond acceptors (Lipinski definition) is 2. The van der Waals surface area contributed by atoms with Gasteiger partial charge in [0.15, 0.2) is 0 Å². The third kappa shape index (κ3) is 4.34. The normalized spacial score (nSPS) is 22.9. The van der Waals surface area contributed by atoms with Crippen LogP contribution in [0.2, 0.25) is 0 Å². The molecule has 0 aliphatic carbocycles. The van der Waals surface area contributed by atoms with Crippen LogP contribution in [0.4, 0.5) is 0 Å². The summed E-state index contributed by atoms with van der Waals surface area (Å²) in [6.07, 6.45) is 2.83. The van der Waals surface area contributed by atoms with Crippen molar-refractivity contribution in [3.8, 4) is 0 Å². The minimum Gasteiger partial charge on any atom is -0.372 e. The Kier molecular flexibility index (Phi) is 5.18. The quantitative estimate of drug-likeness (QED) is 0.845. The summed E-state index contributed by atoms with van der Waals surface area (Å²) in [6, 6.07) is 8.56. The molecular weight excluding hydrogens is 250 g/mol. The van der Waals surface area contributed by atoms with Crippen molar-refractivity contribution in [2.45, 2.75) is 52.2 Å². The van der Waals surface area contributed by atoms with Crippen molar-refractivity contribution < 1.29 is 9.53 Å². The second-order valence-corrected chi connectivity index (χ2v) is 5.90. The van der Waals surface area contributed by atoms with E-state index in [-0.39, 0.29) is 18.1 Å². The largest absolute Gasteiger partial charge is 0.372 e. The van der Waals surface area contributed by atoms with E-state index >= 15 is 0 Å². The summed E-state index contributed by atoms with van der Waals surface area (Å²) in [5.74, 6) is 0.263. The van der Waals surface area contributed by atoms with E-state index in [1.165, 1.54) is 11.1 Å². The lowest BCUT2D eigenvalue weighted by Crippen LogP contribution is -2.48. The Morgan fingerprint density at radius 1 is 1.20 bits per heavy atom. The average molecular weight is 275 g/mol. The predicted octanol–water partition coefficient (Wildman–Crippen LogP) is 2.95. The second kappa shape index (κ2) is 6.89. The molecule has 0 bridgehead atoms. The molecule has 1 amide bonds. The van der Waals surface area contributed by atoms with Crippen molar-refractivity contribution in [1.29, 1.82) is 0 Å². The van der Waals surface area contributed by atoms with Gasteiger partial charge in [0.1, 0.15) is 0 Å². The highest BCUT2D eigenvalue weighted by molar-refractivity contribution is 5.76. The van der Waals surface area contributed by atoms with Gasteiger partial charge in [-0.1, -0.05) is 29.8 Å². The number of ether oxygens (including phenoxy) is 1. The number of amides is 1. The molecule has 3 heteroatoms. The first-order valence-corrected chi connectivity index (χ1v) is 7.53. The van der Waals surface area contributed by atoms with Gasteiger partial charge >= 0.3 is 0 Å². The molecule has 0 radical (unpaired) electrons. The van der Waals surface area contributed by atoms with E-state index < -0.39 is 0 Å². The lowest BCUT2D eigenvalue weighted by Gasteiger charge is -2.35. The molecule has 0 spiro atoms. The molecule has 2 unspecified atom stereocenters. The van der Waals surface area contributed by atoms with Crippen LogP contribution in [0, 0.1) is 6.92 Å². The maximum atomic E-state index is 12.2. The molecule has 2 atom stereocenters. The first-order valence-electron chi connectivity index (χ1n) is 7.53. The van der Waals surface area contributed by atoms with Crippen LogP contribution in [0.1, 0.15) is 37.8 Å². The van der Waals surface area contributed by atoms with Gasteiger partial charge in [-0.05, 0) is 39.2 Å². The molecule has 20 heavy (non-hydrogen) atoms. The average Bonchev–Trinajstić information content (AvgIpc) is 2.40. The topological polar surface area (TPSA) is 29.5 Å². The summed E-state index contributed by atoms with van der Waals surface area (Å²) in [4.78, 5) is 14.2. The highest BCUT2D eigenvalue weighted by Crippen LogP contribution is 2.13. The van der Waals surface area contributed by atoms with E-state index in [1.54, 1.807) is 0 Å². The fourth-order valence-corrected chi connectivity index (χ4v) is 2.74. The molecule has 1 fully saturated rings. The number of carbonyl (C=O) groups excluding carboxylic acids is 1. The van der Waals surface area contributed by atoms with Crippen LogP contribution in [-0.4, -0.2) is 36.1 Å². The molecule has 3 nitrogen and oxygen atoms in total. The minimum atomic E-state index is 0.153. The number of nitrogens with zero attached hydrogens (tertiary/aromatic N) is 1. The third-order valence-corrected chi connectivity index (χ3v) is 3.75. The highest BCUT2D eigenvalue weighted by atomic mass is 16.5. The Morgan fingerprint density at radius 3 is 2.40 bits per heavy atom. The molecule has 1 aliphatic rings. The molecule has 110 valence electrons. The summed E-state index contributed by atoms with van der Waals surface area (Å²) in [5, 5.41) is 0. The van der Waals surface area contributed by atoms with Crippen molar-refractivity contribution in [2.24, 2.45) is 0 Å². The van der Waals surface area contributed by atoms with E-state index in [4.69, 9.17) is 4.74 Å². The Balaban J connectivity index is 1.76. The first-order chi connectivity index (χ1) is 9.54. The first kappa shape index (κ1) is 15.0. The van der Waals surface area contributed by atoms with Gasteiger partial charge in [0.2, 0.25) is 5.91 Å². The molecule has 1 aromatic carbocycles. The van der Waals surface area contributed by atoms with Gasteiger partial charge in [0.05, 0.1) is 12.2 Å². The van der Waals surface area contributed by atoms with Gasteiger partial charge in [-0.2, -0.15) is 0 Å². The van der Waals surface area contributed by atoms with Crippen LogP contribution in [-0.2, 0) is 16.0 Å². The van der Waals surface area contributed by atoms with E-state index in [1.807, 2.05) is 18.7 Å². The van der Waals surface area contributed by atoms with Crippen LogP contribution in [0.5, 0.6) is 0 Å². The standard InChI is InChI=1S/C17H25NO2/c1-13-7-9-16(10-8-13)5-4-6-17(19)18-11-14(2)20-15(3)12-18/h7-10,14-15H,4-6,11-12H2,1-3H3. The third-order valence-electron chi connectivity index (χ3n) is 3.75. The van der Waals surface area contributed by atoms with Gasteiger partial charge in [0, 0.05) is 19.5 Å². The maximum Gasteiger partial charge on any atom is 0.222 e. The van der Waals surface area contributed by atoms with Crippen LogP contribution in [0.15, 0.2) is 24.3 Å². The van der Waals surface area contributed by atoms with Crippen molar-refractivity contribution in [3.63, 3.8) is 0 Å². The molecule has 1 aliphatic heterocycles. The lowest BCUT2D eigenvalue weighted by atomic mass is 10.1. The minimum absolute atomic E-state index is 0.153. The van der Waals surface area contributed by atoms with Crippen LogP contribution >= 0.6 is 0 Å². The maximum absolute atomic E-state index is 12.2. The number of rotatable bonds is 4. The number of aryl methyl sites for hydroxylation is 2. The molecule has 0 saturated carbocycles. The van der Waals surface area contributed by atoms with Crippen molar-refractivity contribution in [3.05, 3.63) is 35.4 Å². The summed E-state index contributed by atoms with van der Waals surface area (Å²) < 4.78 is 5.66. The molecule has 1 saturated heterocycles. The summed E-state index contributed by atoms with van der Waals surface area (Å²) in [6.45, 7) is 7.61. The van der Waals surface area contributed by atoms with Gasteiger partial charge in [-0.15, -0.1) is 0 Å². The van der Waals surface area contributed by atoms with E-state index in [0.717, 1.165) is 25.9 Å². The summed E-state index contributed by atoms with van der Waals surface area (Å²) in [7, 11) is 0. The Hall–Kier alpha value is -1.35. The SMILES string of the molecule is Cc1ccc(CCCC(=O)N2CC(C)OC(C)C2)cc1. The molecule has 2 rings (SSSR count). The second-order valence-electron chi connectivity index (χ2n) is 5.90. The fourth-order valence-electron chi connectivity index (χ4n) is 2.74. The zero-order valence-electron chi connectivity index (χ0n) is 12.8. The Labute approximate surface area is 121 Å². The zero-order valence-corrected chi connectivity index (χ0v) is 12.8. The number of morpholine rings is 1. The van der Waals surface area contributed by atoms with Crippen LogP contribution < -0.4 is 0 Å². The highest BCUT2D eigenvalue weighted by Gasteiger charge is 2.25. The van der Waals surface area contributed by atoms with E-state index in [0.29, 0.717) is 6.42 Å². The summed E-state index contributed by atoms with van der Waals surface area (Å²) >= 11 is 0. The van der Waals surface area contributed by atoms with E-state index in [9.17, 15) is 4.79 Å².